The lowest BCUT2D eigenvalue weighted by molar-refractivity contribution is -0.301. The van der Waals surface area contributed by atoms with E-state index in [2.05, 4.69) is 0 Å². The third-order valence-corrected chi connectivity index (χ3v) is 9.18. The second kappa shape index (κ2) is 15.6. The topological polar surface area (TPSA) is 161 Å². The highest BCUT2D eigenvalue weighted by molar-refractivity contribution is 5.97. The maximum Gasteiger partial charge on any atom is 0.311 e. The quantitative estimate of drug-likeness (QED) is 0.352. The molecule has 2 rings (SSSR count). The number of carbonyl (C=O) groups excluding carboxylic acids is 3. The van der Waals surface area contributed by atoms with E-state index in [9.17, 15) is 29.7 Å². The van der Waals surface area contributed by atoms with Gasteiger partial charge in [-0.25, -0.2) is 0 Å². The number of cyclic esters (lactones) is 1. The molecule has 12 atom stereocenters. The molecule has 0 aromatic rings. The van der Waals surface area contributed by atoms with E-state index >= 15 is 0 Å². The van der Waals surface area contributed by atoms with Gasteiger partial charge in [0.05, 0.1) is 29.8 Å². The predicted octanol–water partition coefficient (Wildman–Crippen LogP) is 2.01. The first-order chi connectivity index (χ1) is 20.3. The fourth-order valence-electron chi connectivity index (χ4n) is 6.40. The summed E-state index contributed by atoms with van der Waals surface area (Å²) in [6.45, 7) is 12.5. The van der Waals surface area contributed by atoms with Crippen molar-refractivity contribution in [2.45, 2.75) is 129 Å². The summed E-state index contributed by atoms with van der Waals surface area (Å²) in [7, 11) is 5.18. The van der Waals surface area contributed by atoms with E-state index in [-0.39, 0.29) is 37.2 Å². The Morgan fingerprint density at radius 3 is 2.25 bits per heavy atom. The molecule has 0 amide bonds. The Morgan fingerprint density at radius 2 is 1.73 bits per heavy atom. The van der Waals surface area contributed by atoms with Gasteiger partial charge in [0.2, 0.25) is 0 Å². The van der Waals surface area contributed by atoms with Crippen LogP contribution in [0.25, 0.3) is 0 Å². The van der Waals surface area contributed by atoms with Gasteiger partial charge in [-0.2, -0.15) is 0 Å². The summed E-state index contributed by atoms with van der Waals surface area (Å²) in [6, 6.07) is -0.265. The molecule has 0 aromatic carbocycles. The SMILES string of the molecule is CC[C@H]1OC(=O)[C@H](C)[C@@H](O)[C@H](C)[C@@H](OC2O[C@H](C)C[C@H](N(C)C)[C@H]2O)[C@@](C)(OC)C[C@@H](C)C(=O)C(COC(C)=O)=C[C@]1(C)O. The van der Waals surface area contributed by atoms with Crippen LogP contribution in [0.1, 0.15) is 74.7 Å². The van der Waals surface area contributed by atoms with E-state index < -0.39 is 77.4 Å². The van der Waals surface area contributed by atoms with Gasteiger partial charge < -0.3 is 43.9 Å². The normalized spacial score (nSPS) is 41.5. The maximum absolute atomic E-state index is 13.9. The van der Waals surface area contributed by atoms with Crippen molar-refractivity contribution in [3.8, 4) is 0 Å². The van der Waals surface area contributed by atoms with Crippen LogP contribution in [0.3, 0.4) is 0 Å². The minimum absolute atomic E-state index is 0.0370. The molecule has 44 heavy (non-hydrogen) atoms. The Kier molecular flexibility index (Phi) is 13.5. The summed E-state index contributed by atoms with van der Waals surface area (Å²) in [4.78, 5) is 40.8. The first-order valence-corrected chi connectivity index (χ1v) is 15.5. The Bertz CT molecular complexity index is 1030. The first kappa shape index (κ1) is 38.3. The number of aliphatic hydroxyl groups excluding tert-OH is 2. The summed E-state index contributed by atoms with van der Waals surface area (Å²) in [6.07, 6.45) is -3.58. The van der Waals surface area contributed by atoms with Crippen LogP contribution in [0.15, 0.2) is 11.6 Å². The average molecular weight is 630 g/mol. The molecule has 1 saturated heterocycles. The number of methoxy groups -OCH3 is 1. The summed E-state index contributed by atoms with van der Waals surface area (Å²) in [5, 5.41) is 34.2. The molecular formula is C32H55NO11. The van der Waals surface area contributed by atoms with Gasteiger partial charge in [0.15, 0.2) is 12.1 Å². The van der Waals surface area contributed by atoms with Crippen LogP contribution in [0.4, 0.5) is 0 Å². The van der Waals surface area contributed by atoms with Crippen molar-refractivity contribution in [2.24, 2.45) is 17.8 Å². The van der Waals surface area contributed by atoms with Gasteiger partial charge in [-0.1, -0.05) is 20.8 Å². The van der Waals surface area contributed by atoms with Gasteiger partial charge >= 0.3 is 11.9 Å². The van der Waals surface area contributed by atoms with E-state index in [4.69, 9.17) is 23.7 Å². The van der Waals surface area contributed by atoms with E-state index in [0.717, 1.165) is 0 Å². The van der Waals surface area contributed by atoms with Crippen molar-refractivity contribution in [3.63, 3.8) is 0 Å². The summed E-state index contributed by atoms with van der Waals surface area (Å²) in [5.41, 5.74) is -3.00. The molecule has 0 bridgehead atoms. The Hall–Kier alpha value is -1.93. The third kappa shape index (κ3) is 9.08. The zero-order chi connectivity index (χ0) is 33.7. The van der Waals surface area contributed by atoms with E-state index in [0.29, 0.717) is 6.42 Å². The number of hydrogen-bond acceptors (Lipinski definition) is 12. The average Bonchev–Trinajstić information content (AvgIpc) is 2.95. The molecule has 1 unspecified atom stereocenters. The highest BCUT2D eigenvalue weighted by atomic mass is 16.7. The fraction of sp³-hybridized carbons (Fsp3) is 0.844. The van der Waals surface area contributed by atoms with Crippen LogP contribution in [0.2, 0.25) is 0 Å². The number of ether oxygens (including phenoxy) is 5. The molecule has 0 aromatic heterocycles. The number of aliphatic hydroxyl groups is 3. The number of hydrogen-bond donors (Lipinski definition) is 3. The minimum atomic E-state index is -1.79. The third-order valence-electron chi connectivity index (χ3n) is 9.18. The maximum atomic E-state index is 13.9. The van der Waals surface area contributed by atoms with Gasteiger partial charge in [0.1, 0.15) is 24.4 Å². The summed E-state index contributed by atoms with van der Waals surface area (Å²) < 4.78 is 29.5. The summed E-state index contributed by atoms with van der Waals surface area (Å²) >= 11 is 0. The van der Waals surface area contributed by atoms with Crippen molar-refractivity contribution < 1.29 is 53.4 Å². The molecule has 12 nitrogen and oxygen atoms in total. The molecule has 0 saturated carbocycles. The van der Waals surface area contributed by atoms with E-state index in [1.54, 1.807) is 27.7 Å². The lowest BCUT2D eigenvalue weighted by atomic mass is 9.76. The van der Waals surface area contributed by atoms with Gasteiger partial charge in [-0.3, -0.25) is 14.4 Å². The zero-order valence-corrected chi connectivity index (χ0v) is 28.2. The Morgan fingerprint density at radius 1 is 1.11 bits per heavy atom. The van der Waals surface area contributed by atoms with Crippen LogP contribution in [-0.2, 0) is 38.1 Å². The number of esters is 2. The number of carbonyl (C=O) groups is 3. The molecule has 0 radical (unpaired) electrons. The lowest BCUT2D eigenvalue weighted by Gasteiger charge is -2.47. The molecule has 2 heterocycles. The lowest BCUT2D eigenvalue weighted by Crippen LogP contribution is -2.59. The molecule has 3 N–H and O–H groups in total. The second-order valence-electron chi connectivity index (χ2n) is 13.3. The summed E-state index contributed by atoms with van der Waals surface area (Å²) in [5.74, 6) is -4.33. The molecule has 0 spiro atoms. The van der Waals surface area contributed by atoms with Gasteiger partial charge in [0, 0.05) is 37.5 Å². The van der Waals surface area contributed by atoms with Gasteiger partial charge in [-0.15, -0.1) is 0 Å². The molecule has 2 aliphatic heterocycles. The number of ketones is 1. The van der Waals surface area contributed by atoms with Gasteiger partial charge in [-0.05, 0) is 67.1 Å². The van der Waals surface area contributed by atoms with Crippen molar-refractivity contribution in [3.05, 3.63) is 11.6 Å². The van der Waals surface area contributed by atoms with E-state index in [1.165, 1.54) is 34.0 Å². The molecule has 12 heteroatoms. The Balaban J connectivity index is 2.68. The van der Waals surface area contributed by atoms with E-state index in [1.807, 2.05) is 25.9 Å². The van der Waals surface area contributed by atoms with Crippen molar-refractivity contribution >= 4 is 17.7 Å². The monoisotopic (exact) mass is 629 g/mol. The van der Waals surface area contributed by atoms with Crippen LogP contribution in [-0.4, -0.2) is 120 Å². The van der Waals surface area contributed by atoms with Crippen LogP contribution < -0.4 is 0 Å². The van der Waals surface area contributed by atoms with Crippen LogP contribution >= 0.6 is 0 Å². The minimum Gasteiger partial charge on any atom is -0.461 e. The molecular weight excluding hydrogens is 574 g/mol. The molecule has 1 fully saturated rings. The molecule has 254 valence electrons. The largest absolute Gasteiger partial charge is 0.461 e. The number of rotatable bonds is 7. The predicted molar refractivity (Wildman–Crippen MR) is 161 cm³/mol. The fourth-order valence-corrected chi connectivity index (χ4v) is 6.40. The van der Waals surface area contributed by atoms with Crippen molar-refractivity contribution in [1.82, 2.24) is 4.90 Å². The molecule has 2 aliphatic rings. The van der Waals surface area contributed by atoms with Crippen molar-refractivity contribution in [1.29, 1.82) is 0 Å². The second-order valence-corrected chi connectivity index (χ2v) is 13.3. The Labute approximate surface area is 262 Å². The standard InChI is InChI=1S/C32H55NO11/c1-12-24-31(7,39)15-22(16-41-21(6)34)25(35)17(2)14-32(8,40-11)28(19(4)26(36)20(5)29(38)43-24)44-30-27(37)23(33(9)10)13-18(3)42-30/h15,17-20,23-24,26-28,30,36-37,39H,12-14,16H2,1-11H3/t17-,18-,19+,20-,23+,24-,26+,27-,28-,30?,31+,32+/m1/s1. The van der Waals surface area contributed by atoms with Crippen LogP contribution in [0, 0.1) is 17.8 Å². The number of Topliss-reactive ketones (excluding diaryl/α,β-unsaturated/α-hetero) is 1. The zero-order valence-electron chi connectivity index (χ0n) is 28.2. The smallest absolute Gasteiger partial charge is 0.311 e. The molecule has 0 aliphatic carbocycles. The van der Waals surface area contributed by atoms with Gasteiger partial charge in [0.25, 0.3) is 0 Å². The first-order valence-electron chi connectivity index (χ1n) is 15.5. The van der Waals surface area contributed by atoms with Crippen molar-refractivity contribution in [2.75, 3.05) is 27.8 Å². The number of likely N-dealkylation sites (N-methyl/N-ethyl adjacent to an activating group) is 1. The van der Waals surface area contributed by atoms with Crippen LogP contribution in [0.5, 0.6) is 0 Å². The number of nitrogens with zero attached hydrogens (tertiary/aromatic N) is 1. The highest BCUT2D eigenvalue weighted by Gasteiger charge is 2.50. The highest BCUT2D eigenvalue weighted by Crippen LogP contribution is 2.38.